The van der Waals surface area contributed by atoms with Crippen molar-refractivity contribution in [3.63, 3.8) is 0 Å². The monoisotopic (exact) mass is 216 g/mol. The van der Waals surface area contributed by atoms with Crippen molar-refractivity contribution in [1.82, 2.24) is 15.3 Å². The molecule has 1 saturated heterocycles. The zero-order chi connectivity index (χ0) is 10.8. The van der Waals surface area contributed by atoms with E-state index in [1.165, 1.54) is 0 Å². The maximum absolute atomic E-state index is 5.03. The number of aromatic nitrogens is 2. The second kappa shape index (κ2) is 3.94. The van der Waals surface area contributed by atoms with Crippen molar-refractivity contribution >= 4 is 5.82 Å². The lowest BCUT2D eigenvalue weighted by Gasteiger charge is -2.28. The van der Waals surface area contributed by atoms with E-state index in [-0.39, 0.29) is 0 Å². The van der Waals surface area contributed by atoms with Gasteiger partial charge in [0.05, 0.1) is 24.3 Å². The minimum Gasteiger partial charge on any atom is -0.472 e. The summed E-state index contributed by atoms with van der Waals surface area (Å²) in [5, 5.41) is 6.54. The van der Waals surface area contributed by atoms with E-state index in [1.54, 1.807) is 18.9 Å². The summed E-state index contributed by atoms with van der Waals surface area (Å²) in [6, 6.07) is 4.30. The number of anilines is 1. The highest BCUT2D eigenvalue weighted by Crippen LogP contribution is 2.19. The van der Waals surface area contributed by atoms with Crippen LogP contribution in [0.15, 0.2) is 35.4 Å². The highest BCUT2D eigenvalue weighted by molar-refractivity contribution is 5.60. The van der Waals surface area contributed by atoms with Gasteiger partial charge in [0.2, 0.25) is 0 Å². The molecule has 0 aliphatic carbocycles. The molecule has 0 amide bonds. The SMILES string of the molecule is c1nc(NC2CNC2)cc(-c2ccoc2)n1. The largest absolute Gasteiger partial charge is 0.472 e. The number of rotatable bonds is 3. The van der Waals surface area contributed by atoms with Crippen LogP contribution in [0.4, 0.5) is 5.82 Å². The summed E-state index contributed by atoms with van der Waals surface area (Å²) in [5.41, 5.74) is 1.84. The van der Waals surface area contributed by atoms with Crippen molar-refractivity contribution in [2.45, 2.75) is 6.04 Å². The molecule has 2 N–H and O–H groups in total. The summed E-state index contributed by atoms with van der Waals surface area (Å²) < 4.78 is 5.03. The first-order valence-corrected chi connectivity index (χ1v) is 5.24. The van der Waals surface area contributed by atoms with Gasteiger partial charge < -0.3 is 15.1 Å². The van der Waals surface area contributed by atoms with Crippen LogP contribution in [-0.2, 0) is 0 Å². The molecule has 1 fully saturated rings. The summed E-state index contributed by atoms with van der Waals surface area (Å²) in [5.74, 6) is 0.859. The molecular weight excluding hydrogens is 204 g/mol. The van der Waals surface area contributed by atoms with Crippen molar-refractivity contribution in [2.24, 2.45) is 0 Å². The fraction of sp³-hybridized carbons (Fsp3) is 0.273. The molecule has 1 aliphatic rings. The molecular formula is C11H12N4O. The number of hydrogen-bond acceptors (Lipinski definition) is 5. The average molecular weight is 216 g/mol. The summed E-state index contributed by atoms with van der Waals surface area (Å²) in [7, 11) is 0. The van der Waals surface area contributed by atoms with Crippen molar-refractivity contribution in [3.8, 4) is 11.3 Å². The maximum Gasteiger partial charge on any atom is 0.130 e. The molecule has 5 heteroatoms. The van der Waals surface area contributed by atoms with Crippen LogP contribution in [0.1, 0.15) is 0 Å². The minimum atomic E-state index is 0.479. The molecule has 1 aliphatic heterocycles. The first kappa shape index (κ1) is 9.35. The van der Waals surface area contributed by atoms with Crippen LogP contribution in [0.25, 0.3) is 11.3 Å². The van der Waals surface area contributed by atoms with Crippen LogP contribution in [-0.4, -0.2) is 29.1 Å². The molecule has 3 rings (SSSR count). The topological polar surface area (TPSA) is 63.0 Å². The molecule has 3 heterocycles. The first-order chi connectivity index (χ1) is 7.92. The van der Waals surface area contributed by atoms with Gasteiger partial charge in [-0.25, -0.2) is 9.97 Å². The third-order valence-electron chi connectivity index (χ3n) is 2.62. The van der Waals surface area contributed by atoms with Gasteiger partial charge in [0, 0.05) is 24.7 Å². The van der Waals surface area contributed by atoms with Crippen molar-refractivity contribution in [3.05, 3.63) is 31.0 Å². The molecule has 0 saturated carbocycles. The predicted octanol–water partition coefficient (Wildman–Crippen LogP) is 1.12. The zero-order valence-corrected chi connectivity index (χ0v) is 8.68. The Morgan fingerprint density at radius 2 is 2.31 bits per heavy atom. The van der Waals surface area contributed by atoms with Crippen LogP contribution >= 0.6 is 0 Å². The van der Waals surface area contributed by atoms with E-state index < -0.39 is 0 Å². The fourth-order valence-electron chi connectivity index (χ4n) is 1.60. The molecule has 0 radical (unpaired) electrons. The highest BCUT2D eigenvalue weighted by Gasteiger charge is 2.16. The van der Waals surface area contributed by atoms with Crippen molar-refractivity contribution < 1.29 is 4.42 Å². The summed E-state index contributed by atoms with van der Waals surface area (Å²) in [4.78, 5) is 8.40. The van der Waals surface area contributed by atoms with Gasteiger partial charge in [-0.1, -0.05) is 0 Å². The maximum atomic E-state index is 5.03. The van der Waals surface area contributed by atoms with Crippen LogP contribution in [0.2, 0.25) is 0 Å². The van der Waals surface area contributed by atoms with E-state index in [2.05, 4.69) is 20.6 Å². The zero-order valence-electron chi connectivity index (χ0n) is 8.68. The Morgan fingerprint density at radius 1 is 1.38 bits per heavy atom. The lowest BCUT2D eigenvalue weighted by molar-refractivity contribution is 0.471. The van der Waals surface area contributed by atoms with Gasteiger partial charge in [0.25, 0.3) is 0 Å². The number of nitrogens with zero attached hydrogens (tertiary/aromatic N) is 2. The van der Waals surface area contributed by atoms with E-state index in [1.807, 2.05) is 12.1 Å². The number of nitrogens with one attached hydrogen (secondary N) is 2. The Kier molecular flexibility index (Phi) is 2.30. The predicted molar refractivity (Wildman–Crippen MR) is 60.0 cm³/mol. The Balaban J connectivity index is 1.82. The molecule has 82 valence electrons. The van der Waals surface area contributed by atoms with Gasteiger partial charge in [-0.3, -0.25) is 0 Å². The number of hydrogen-bond donors (Lipinski definition) is 2. The molecule has 0 unspecified atom stereocenters. The van der Waals surface area contributed by atoms with Gasteiger partial charge in [-0.05, 0) is 6.07 Å². The quantitative estimate of drug-likeness (QED) is 0.805. The Labute approximate surface area is 92.9 Å². The molecule has 0 aromatic carbocycles. The first-order valence-electron chi connectivity index (χ1n) is 5.24. The Morgan fingerprint density at radius 3 is 3.00 bits per heavy atom. The van der Waals surface area contributed by atoms with E-state index in [0.717, 1.165) is 30.2 Å². The third-order valence-corrected chi connectivity index (χ3v) is 2.62. The lowest BCUT2D eigenvalue weighted by atomic mass is 10.2. The molecule has 16 heavy (non-hydrogen) atoms. The normalized spacial score (nSPS) is 15.8. The second-order valence-electron chi connectivity index (χ2n) is 3.80. The van der Waals surface area contributed by atoms with Crippen LogP contribution in [0, 0.1) is 0 Å². The third kappa shape index (κ3) is 1.77. The molecule has 0 atom stereocenters. The van der Waals surface area contributed by atoms with Gasteiger partial charge in [0.15, 0.2) is 0 Å². The van der Waals surface area contributed by atoms with Crippen molar-refractivity contribution in [2.75, 3.05) is 18.4 Å². The van der Waals surface area contributed by atoms with E-state index in [9.17, 15) is 0 Å². The van der Waals surface area contributed by atoms with Gasteiger partial charge in [-0.15, -0.1) is 0 Å². The Hall–Kier alpha value is -1.88. The van der Waals surface area contributed by atoms with Crippen LogP contribution in [0.3, 0.4) is 0 Å². The Bertz CT molecular complexity index is 465. The molecule has 2 aromatic rings. The summed E-state index contributed by atoms with van der Waals surface area (Å²) in [6.07, 6.45) is 4.88. The minimum absolute atomic E-state index is 0.479. The second-order valence-corrected chi connectivity index (χ2v) is 3.80. The fourth-order valence-corrected chi connectivity index (χ4v) is 1.60. The molecule has 0 bridgehead atoms. The molecule has 5 nitrogen and oxygen atoms in total. The number of furan rings is 1. The van der Waals surface area contributed by atoms with E-state index in [4.69, 9.17) is 4.42 Å². The van der Waals surface area contributed by atoms with Gasteiger partial charge in [-0.2, -0.15) is 0 Å². The lowest BCUT2D eigenvalue weighted by Crippen LogP contribution is -2.51. The molecule has 2 aromatic heterocycles. The average Bonchev–Trinajstić information content (AvgIpc) is 2.77. The van der Waals surface area contributed by atoms with Crippen molar-refractivity contribution in [1.29, 1.82) is 0 Å². The van der Waals surface area contributed by atoms with Crippen LogP contribution < -0.4 is 10.6 Å². The molecule has 0 spiro atoms. The van der Waals surface area contributed by atoms with E-state index >= 15 is 0 Å². The van der Waals surface area contributed by atoms with Gasteiger partial charge >= 0.3 is 0 Å². The van der Waals surface area contributed by atoms with Crippen LogP contribution in [0.5, 0.6) is 0 Å². The standard InChI is InChI=1S/C11H12N4O/c1-2-16-6-8(1)10-3-11(14-7-13-10)15-9-4-12-5-9/h1-3,6-7,9,12H,4-5H2,(H,13,14,15). The van der Waals surface area contributed by atoms with E-state index in [0.29, 0.717) is 6.04 Å². The highest BCUT2D eigenvalue weighted by atomic mass is 16.3. The smallest absolute Gasteiger partial charge is 0.130 e. The van der Waals surface area contributed by atoms with Gasteiger partial charge in [0.1, 0.15) is 12.1 Å². The summed E-state index contributed by atoms with van der Waals surface area (Å²) in [6.45, 7) is 1.98. The summed E-state index contributed by atoms with van der Waals surface area (Å²) >= 11 is 0.